The molecular weight excluding hydrogens is 583 g/mol. The van der Waals surface area contributed by atoms with Crippen LogP contribution in [0.4, 0.5) is 18.3 Å². The van der Waals surface area contributed by atoms with Crippen molar-refractivity contribution in [3.05, 3.63) is 73.6 Å². The van der Waals surface area contributed by atoms with Gasteiger partial charge >= 0.3 is 12.1 Å². The molecule has 2 aliphatic rings. The molecule has 2 aromatic carbocycles. The largest absolute Gasteiger partial charge is 0.492 e. The van der Waals surface area contributed by atoms with E-state index in [4.69, 9.17) is 11.6 Å². The summed E-state index contributed by atoms with van der Waals surface area (Å²) in [7, 11) is 1.27. The summed E-state index contributed by atoms with van der Waals surface area (Å²) in [6, 6.07) is 8.79. The number of amides is 1. The van der Waals surface area contributed by atoms with Gasteiger partial charge in [-0.15, -0.1) is 0 Å². The summed E-state index contributed by atoms with van der Waals surface area (Å²) in [5.74, 6) is -1.31. The van der Waals surface area contributed by atoms with Gasteiger partial charge in [-0.25, -0.2) is 0 Å². The van der Waals surface area contributed by atoms with Gasteiger partial charge in [-0.2, -0.15) is 28.4 Å². The number of methoxy groups -OCH3 is 1. The van der Waals surface area contributed by atoms with Crippen LogP contribution in [-0.4, -0.2) is 54.9 Å². The fraction of sp³-hybridized carbons (Fsp3) is 0.296. The molecule has 0 radical (unpaired) electrons. The summed E-state index contributed by atoms with van der Waals surface area (Å²) in [4.78, 5) is 30.0. The fourth-order valence-corrected chi connectivity index (χ4v) is 5.74. The van der Waals surface area contributed by atoms with E-state index in [1.165, 1.54) is 19.2 Å². The van der Waals surface area contributed by atoms with E-state index in [0.717, 1.165) is 17.4 Å². The zero-order chi connectivity index (χ0) is 29.3. The quantitative estimate of drug-likeness (QED) is 0.382. The standard InChI is InChI=1S/C27H23ClF3N5O4S/c1-40-22(37)6-7-32-24(38)17-12-36(13-17)26-34-25(39)23(41-26)19(14-3-5-21-16(8-14)11-33-35-21)9-15-2-4-18(28)10-20(15)27(29,30)31/h2-5,8,10-11,17,39H,6-7,9,12-13H2,1H3,(H,32,38). The van der Waals surface area contributed by atoms with Crippen molar-refractivity contribution in [3.63, 3.8) is 0 Å². The van der Waals surface area contributed by atoms with Crippen molar-refractivity contribution >= 4 is 51.7 Å². The Kier molecular flexibility index (Phi) is 8.00. The molecule has 2 aliphatic heterocycles. The molecule has 0 bridgehead atoms. The highest BCUT2D eigenvalue weighted by Crippen LogP contribution is 2.40. The van der Waals surface area contributed by atoms with E-state index in [2.05, 4.69) is 25.2 Å². The molecule has 1 saturated heterocycles. The molecular formula is C27H23ClF3N5O4S. The molecule has 3 aromatic rings. The van der Waals surface area contributed by atoms with Crippen LogP contribution in [0.1, 0.15) is 28.0 Å². The van der Waals surface area contributed by atoms with E-state index in [1.807, 2.05) is 0 Å². The third-order valence-electron chi connectivity index (χ3n) is 6.73. The topological polar surface area (TPSA) is 116 Å². The van der Waals surface area contributed by atoms with Crippen LogP contribution in [0.3, 0.4) is 0 Å². The van der Waals surface area contributed by atoms with Gasteiger partial charge in [0.2, 0.25) is 11.8 Å². The maximum Gasteiger partial charge on any atom is 0.416 e. The van der Waals surface area contributed by atoms with E-state index in [0.29, 0.717) is 44.8 Å². The van der Waals surface area contributed by atoms with Crippen LogP contribution in [0, 0.1) is 5.92 Å². The molecule has 41 heavy (non-hydrogen) atoms. The SMILES string of the molecule is COC(=O)CCNC(=O)C1CN(c2nc(O)c(C(Cc3ccc(Cl)cc3C(F)(F)F)=c3ccc4c(c3)C=NN=4)s2)C1. The third kappa shape index (κ3) is 6.20. The number of benzene rings is 2. The number of aromatic hydroxyl groups is 1. The molecule has 0 saturated carbocycles. The summed E-state index contributed by atoms with van der Waals surface area (Å²) in [5.41, 5.74) is 0.242. The smallest absolute Gasteiger partial charge is 0.416 e. The molecule has 0 spiro atoms. The molecule has 1 aromatic heterocycles. The second kappa shape index (κ2) is 11.5. The average Bonchev–Trinajstić information content (AvgIpc) is 3.52. The Labute approximate surface area is 240 Å². The van der Waals surface area contributed by atoms with Crippen molar-refractivity contribution in [2.24, 2.45) is 16.1 Å². The lowest BCUT2D eigenvalue weighted by molar-refractivity contribution is -0.140. The molecule has 214 valence electrons. The number of carbonyl (C=O) groups excluding carboxylic acids is 2. The second-order valence-electron chi connectivity index (χ2n) is 9.44. The first-order chi connectivity index (χ1) is 19.5. The van der Waals surface area contributed by atoms with Crippen LogP contribution in [0.5, 0.6) is 5.88 Å². The molecule has 0 aliphatic carbocycles. The normalized spacial score (nSPS) is 15.2. The number of esters is 1. The second-order valence-corrected chi connectivity index (χ2v) is 10.9. The summed E-state index contributed by atoms with van der Waals surface area (Å²) in [6.07, 6.45) is -3.19. The first kappa shape index (κ1) is 28.6. The van der Waals surface area contributed by atoms with Gasteiger partial charge in [-0.05, 0) is 40.6 Å². The van der Waals surface area contributed by atoms with Gasteiger partial charge in [0.1, 0.15) is 0 Å². The minimum absolute atomic E-state index is 0.0160. The lowest BCUT2D eigenvalue weighted by atomic mass is 9.96. The molecule has 1 fully saturated rings. The van der Waals surface area contributed by atoms with Crippen LogP contribution in [-0.2, 0) is 26.9 Å². The van der Waals surface area contributed by atoms with E-state index in [1.54, 1.807) is 29.3 Å². The summed E-state index contributed by atoms with van der Waals surface area (Å²) < 4.78 is 46.3. The van der Waals surface area contributed by atoms with Crippen LogP contribution in [0.15, 0.2) is 46.6 Å². The Morgan fingerprint density at radius 3 is 2.73 bits per heavy atom. The highest BCUT2D eigenvalue weighted by atomic mass is 35.5. The van der Waals surface area contributed by atoms with Gasteiger partial charge in [-0.3, -0.25) is 9.59 Å². The van der Waals surface area contributed by atoms with Crippen molar-refractivity contribution in [3.8, 4) is 5.88 Å². The number of anilines is 1. The number of fused-ring (bicyclic) bond motifs is 1. The predicted octanol–water partition coefficient (Wildman–Crippen LogP) is 3.05. The van der Waals surface area contributed by atoms with Gasteiger partial charge in [0.05, 0.1) is 41.5 Å². The minimum Gasteiger partial charge on any atom is -0.492 e. The van der Waals surface area contributed by atoms with Crippen molar-refractivity contribution in [2.45, 2.75) is 19.0 Å². The number of thiazole rings is 1. The van der Waals surface area contributed by atoms with Crippen molar-refractivity contribution in [1.29, 1.82) is 0 Å². The molecule has 9 nitrogen and oxygen atoms in total. The zero-order valence-electron chi connectivity index (χ0n) is 21.5. The molecule has 5 rings (SSSR count). The third-order valence-corrected chi connectivity index (χ3v) is 8.13. The number of carbonyl (C=O) groups is 2. The average molecular weight is 606 g/mol. The molecule has 2 N–H and O–H groups in total. The van der Waals surface area contributed by atoms with E-state index in [9.17, 15) is 27.9 Å². The van der Waals surface area contributed by atoms with Crippen molar-refractivity contribution in [1.82, 2.24) is 10.3 Å². The lowest BCUT2D eigenvalue weighted by Crippen LogP contribution is -2.54. The van der Waals surface area contributed by atoms with E-state index < -0.39 is 17.7 Å². The van der Waals surface area contributed by atoms with Crippen LogP contribution in [0.2, 0.25) is 5.02 Å². The Balaban J connectivity index is 1.44. The predicted molar refractivity (Wildman–Crippen MR) is 147 cm³/mol. The number of rotatable bonds is 8. The number of hydrogen-bond donors (Lipinski definition) is 2. The number of halogens is 4. The van der Waals surface area contributed by atoms with Crippen molar-refractivity contribution in [2.75, 3.05) is 31.6 Å². The zero-order valence-corrected chi connectivity index (χ0v) is 23.1. The summed E-state index contributed by atoms with van der Waals surface area (Å²) in [6.45, 7) is 0.821. The Hall–Kier alpha value is -3.97. The Morgan fingerprint density at radius 2 is 2.00 bits per heavy atom. The van der Waals surface area contributed by atoms with Gasteiger partial charge in [0.25, 0.3) is 0 Å². The van der Waals surface area contributed by atoms with Gasteiger partial charge in [-0.1, -0.05) is 35.1 Å². The molecule has 3 heterocycles. The fourth-order valence-electron chi connectivity index (χ4n) is 4.53. The number of ether oxygens (including phenoxy) is 1. The van der Waals surface area contributed by atoms with Crippen LogP contribution >= 0.6 is 22.9 Å². The maximum absolute atomic E-state index is 13.9. The highest BCUT2D eigenvalue weighted by Gasteiger charge is 2.36. The number of hydrogen-bond acceptors (Lipinski definition) is 9. The number of nitrogens with one attached hydrogen (secondary N) is 1. The Morgan fingerprint density at radius 1 is 1.22 bits per heavy atom. The van der Waals surface area contributed by atoms with Crippen LogP contribution < -0.4 is 20.8 Å². The first-order valence-electron chi connectivity index (χ1n) is 12.4. The number of aromatic nitrogens is 1. The summed E-state index contributed by atoms with van der Waals surface area (Å²) >= 11 is 7.02. The monoisotopic (exact) mass is 605 g/mol. The number of nitrogens with zero attached hydrogens (tertiary/aromatic N) is 4. The Bertz CT molecular complexity index is 1670. The summed E-state index contributed by atoms with van der Waals surface area (Å²) in [5, 5.41) is 23.1. The van der Waals surface area contributed by atoms with Crippen LogP contribution in [0.25, 0.3) is 5.57 Å². The minimum atomic E-state index is -4.64. The van der Waals surface area contributed by atoms with E-state index >= 15 is 0 Å². The van der Waals surface area contributed by atoms with Gasteiger partial charge in [0.15, 0.2) is 5.13 Å². The maximum atomic E-state index is 13.9. The van der Waals surface area contributed by atoms with Gasteiger partial charge < -0.3 is 20.1 Å². The highest BCUT2D eigenvalue weighted by molar-refractivity contribution is 7.17. The lowest BCUT2D eigenvalue weighted by Gasteiger charge is -2.37. The first-order valence-corrected chi connectivity index (χ1v) is 13.6. The number of alkyl halides is 3. The van der Waals surface area contributed by atoms with E-state index in [-0.39, 0.29) is 47.7 Å². The van der Waals surface area contributed by atoms with Gasteiger partial charge in [0, 0.05) is 36.6 Å². The van der Waals surface area contributed by atoms with Crippen molar-refractivity contribution < 1.29 is 32.6 Å². The molecule has 14 heteroatoms. The molecule has 1 amide bonds. The molecule has 0 unspecified atom stereocenters. The molecule has 0 atom stereocenters.